The SMILES string of the molecule is COc1cccc(CNC(C)c2ncccc2C)c1OCCN(C)C. The zero-order valence-electron chi connectivity index (χ0n) is 15.9. The van der Waals surface area contributed by atoms with Crippen LogP contribution in [-0.4, -0.2) is 44.2 Å². The van der Waals surface area contributed by atoms with Crippen molar-refractivity contribution in [1.29, 1.82) is 0 Å². The number of nitrogens with one attached hydrogen (secondary N) is 1. The minimum atomic E-state index is 0.155. The third kappa shape index (κ3) is 5.44. The largest absolute Gasteiger partial charge is 0.493 e. The van der Waals surface area contributed by atoms with Gasteiger partial charge in [-0.1, -0.05) is 18.2 Å². The first-order valence-corrected chi connectivity index (χ1v) is 8.61. The quantitative estimate of drug-likeness (QED) is 0.758. The minimum Gasteiger partial charge on any atom is -0.493 e. The molecular weight excluding hydrogens is 314 g/mol. The molecule has 2 aromatic rings. The third-order valence-electron chi connectivity index (χ3n) is 4.12. The Hall–Kier alpha value is -2.11. The van der Waals surface area contributed by atoms with Crippen LogP contribution in [-0.2, 0) is 6.54 Å². The molecule has 1 aromatic heterocycles. The summed E-state index contributed by atoms with van der Waals surface area (Å²) in [7, 11) is 5.74. The Bertz CT molecular complexity index is 674. The number of nitrogens with zero attached hydrogens (tertiary/aromatic N) is 2. The molecule has 1 aromatic carbocycles. The van der Waals surface area contributed by atoms with Gasteiger partial charge in [-0.05, 0) is 45.6 Å². The van der Waals surface area contributed by atoms with Crippen LogP contribution >= 0.6 is 0 Å². The Kier molecular flexibility index (Phi) is 7.22. The maximum absolute atomic E-state index is 6.01. The van der Waals surface area contributed by atoms with Gasteiger partial charge in [-0.2, -0.15) is 0 Å². The molecule has 1 heterocycles. The molecule has 5 nitrogen and oxygen atoms in total. The summed E-state index contributed by atoms with van der Waals surface area (Å²) in [5, 5.41) is 3.54. The molecule has 1 atom stereocenters. The molecule has 0 spiro atoms. The zero-order chi connectivity index (χ0) is 18.2. The molecule has 0 aliphatic rings. The number of benzene rings is 1. The molecule has 1 unspecified atom stereocenters. The zero-order valence-corrected chi connectivity index (χ0v) is 15.9. The smallest absolute Gasteiger partial charge is 0.165 e. The lowest BCUT2D eigenvalue weighted by atomic mass is 10.1. The highest BCUT2D eigenvalue weighted by atomic mass is 16.5. The predicted molar refractivity (Wildman–Crippen MR) is 101 cm³/mol. The normalized spacial score (nSPS) is 12.2. The van der Waals surface area contributed by atoms with Crippen molar-refractivity contribution in [3.8, 4) is 11.5 Å². The topological polar surface area (TPSA) is 46.6 Å². The van der Waals surface area contributed by atoms with Gasteiger partial charge in [-0.15, -0.1) is 0 Å². The number of rotatable bonds is 9. The van der Waals surface area contributed by atoms with Crippen LogP contribution in [0.25, 0.3) is 0 Å². The monoisotopic (exact) mass is 343 g/mol. The summed E-state index contributed by atoms with van der Waals surface area (Å²) >= 11 is 0. The van der Waals surface area contributed by atoms with Crippen LogP contribution in [0.2, 0.25) is 0 Å². The molecule has 0 aliphatic heterocycles. The van der Waals surface area contributed by atoms with E-state index >= 15 is 0 Å². The highest BCUT2D eigenvalue weighted by molar-refractivity contribution is 5.46. The number of hydrogen-bond acceptors (Lipinski definition) is 5. The van der Waals surface area contributed by atoms with E-state index in [9.17, 15) is 0 Å². The second kappa shape index (κ2) is 9.39. The standard InChI is InChI=1S/C20H29N3O2/c1-15-8-7-11-21-19(15)16(2)22-14-17-9-6-10-18(24-5)20(17)25-13-12-23(3)4/h6-11,16,22H,12-14H2,1-5H3. The van der Waals surface area contributed by atoms with Gasteiger partial charge >= 0.3 is 0 Å². The molecule has 0 radical (unpaired) electrons. The summed E-state index contributed by atoms with van der Waals surface area (Å²) < 4.78 is 11.5. The van der Waals surface area contributed by atoms with Crippen molar-refractivity contribution >= 4 is 0 Å². The Morgan fingerprint density at radius 3 is 2.68 bits per heavy atom. The van der Waals surface area contributed by atoms with Crippen molar-refractivity contribution in [2.45, 2.75) is 26.4 Å². The summed E-state index contributed by atoms with van der Waals surface area (Å²) in [6, 6.07) is 10.2. The molecule has 25 heavy (non-hydrogen) atoms. The van der Waals surface area contributed by atoms with E-state index in [1.165, 1.54) is 5.56 Å². The number of pyridine rings is 1. The van der Waals surface area contributed by atoms with Gasteiger partial charge in [0, 0.05) is 30.9 Å². The van der Waals surface area contributed by atoms with E-state index in [1.54, 1.807) is 7.11 Å². The van der Waals surface area contributed by atoms with Crippen LogP contribution in [0.1, 0.15) is 29.8 Å². The van der Waals surface area contributed by atoms with Crippen LogP contribution in [0.3, 0.4) is 0 Å². The van der Waals surface area contributed by atoms with E-state index < -0.39 is 0 Å². The lowest BCUT2D eigenvalue weighted by Gasteiger charge is -2.19. The van der Waals surface area contributed by atoms with E-state index in [0.717, 1.165) is 29.3 Å². The number of aryl methyl sites for hydroxylation is 1. The summed E-state index contributed by atoms with van der Waals surface area (Å²) in [5.74, 6) is 1.57. The molecule has 0 saturated carbocycles. The first kappa shape index (κ1) is 19.2. The van der Waals surface area contributed by atoms with Crippen LogP contribution in [0.15, 0.2) is 36.5 Å². The Labute approximate surface area is 151 Å². The van der Waals surface area contributed by atoms with Crippen molar-refractivity contribution in [1.82, 2.24) is 15.2 Å². The number of methoxy groups -OCH3 is 1. The van der Waals surface area contributed by atoms with E-state index in [4.69, 9.17) is 9.47 Å². The van der Waals surface area contributed by atoms with E-state index in [0.29, 0.717) is 13.2 Å². The Balaban J connectivity index is 2.09. The molecular formula is C20H29N3O2. The van der Waals surface area contributed by atoms with E-state index in [-0.39, 0.29) is 6.04 Å². The summed E-state index contributed by atoms with van der Waals surface area (Å²) in [4.78, 5) is 6.59. The average molecular weight is 343 g/mol. The molecule has 1 N–H and O–H groups in total. The summed E-state index contributed by atoms with van der Waals surface area (Å²) in [5.41, 5.74) is 3.34. The van der Waals surface area contributed by atoms with Crippen molar-refractivity contribution in [2.75, 3.05) is 34.4 Å². The highest BCUT2D eigenvalue weighted by Gasteiger charge is 2.14. The number of aromatic nitrogens is 1. The molecule has 136 valence electrons. The molecule has 2 rings (SSSR count). The molecule has 5 heteroatoms. The maximum atomic E-state index is 6.01. The number of para-hydroxylation sites is 1. The Morgan fingerprint density at radius 1 is 1.20 bits per heavy atom. The number of hydrogen-bond donors (Lipinski definition) is 1. The van der Waals surface area contributed by atoms with Crippen molar-refractivity contribution < 1.29 is 9.47 Å². The van der Waals surface area contributed by atoms with Crippen molar-refractivity contribution in [2.24, 2.45) is 0 Å². The summed E-state index contributed by atoms with van der Waals surface area (Å²) in [6.07, 6.45) is 1.84. The molecule has 0 amide bonds. The minimum absolute atomic E-state index is 0.155. The van der Waals surface area contributed by atoms with Crippen LogP contribution in [0.5, 0.6) is 11.5 Å². The highest BCUT2D eigenvalue weighted by Crippen LogP contribution is 2.31. The van der Waals surface area contributed by atoms with Gasteiger partial charge in [0.2, 0.25) is 0 Å². The van der Waals surface area contributed by atoms with Gasteiger partial charge in [0.1, 0.15) is 6.61 Å². The maximum Gasteiger partial charge on any atom is 0.165 e. The van der Waals surface area contributed by atoms with Gasteiger partial charge in [0.25, 0.3) is 0 Å². The second-order valence-electron chi connectivity index (χ2n) is 6.41. The molecule has 0 saturated heterocycles. The van der Waals surface area contributed by atoms with Gasteiger partial charge in [0.15, 0.2) is 11.5 Å². The van der Waals surface area contributed by atoms with Gasteiger partial charge in [0.05, 0.1) is 12.8 Å². The number of ether oxygens (including phenoxy) is 2. The Morgan fingerprint density at radius 2 is 2.00 bits per heavy atom. The van der Waals surface area contributed by atoms with E-state index in [2.05, 4.69) is 41.2 Å². The lowest BCUT2D eigenvalue weighted by molar-refractivity contribution is 0.248. The summed E-state index contributed by atoms with van der Waals surface area (Å²) in [6.45, 7) is 6.37. The predicted octanol–water partition coefficient (Wildman–Crippen LogP) is 3.19. The molecule has 0 aliphatic carbocycles. The van der Waals surface area contributed by atoms with Gasteiger partial charge < -0.3 is 19.7 Å². The average Bonchev–Trinajstić information content (AvgIpc) is 2.60. The van der Waals surface area contributed by atoms with Crippen LogP contribution in [0, 0.1) is 6.92 Å². The first-order chi connectivity index (χ1) is 12.0. The molecule has 0 fully saturated rings. The van der Waals surface area contributed by atoms with Gasteiger partial charge in [-0.3, -0.25) is 4.98 Å². The number of likely N-dealkylation sites (N-methyl/N-ethyl adjacent to an activating group) is 1. The first-order valence-electron chi connectivity index (χ1n) is 8.61. The molecule has 0 bridgehead atoms. The fraction of sp³-hybridized carbons (Fsp3) is 0.450. The van der Waals surface area contributed by atoms with E-state index in [1.807, 2.05) is 38.5 Å². The third-order valence-corrected chi connectivity index (χ3v) is 4.12. The van der Waals surface area contributed by atoms with Crippen molar-refractivity contribution in [3.05, 3.63) is 53.3 Å². The lowest BCUT2D eigenvalue weighted by Crippen LogP contribution is -2.22. The van der Waals surface area contributed by atoms with Gasteiger partial charge in [-0.25, -0.2) is 0 Å². The fourth-order valence-corrected chi connectivity index (χ4v) is 2.67. The van der Waals surface area contributed by atoms with Crippen LogP contribution < -0.4 is 14.8 Å². The second-order valence-corrected chi connectivity index (χ2v) is 6.41. The van der Waals surface area contributed by atoms with Crippen molar-refractivity contribution in [3.63, 3.8) is 0 Å². The fourth-order valence-electron chi connectivity index (χ4n) is 2.67. The van der Waals surface area contributed by atoms with Crippen LogP contribution in [0.4, 0.5) is 0 Å².